The van der Waals surface area contributed by atoms with Crippen molar-refractivity contribution in [2.45, 2.75) is 37.5 Å². The van der Waals surface area contributed by atoms with Gasteiger partial charge < -0.3 is 15.0 Å². The van der Waals surface area contributed by atoms with Gasteiger partial charge in [0.2, 0.25) is 11.8 Å². The predicted molar refractivity (Wildman–Crippen MR) is 112 cm³/mol. The Labute approximate surface area is 175 Å². The third-order valence-electron chi connectivity index (χ3n) is 6.75. The second kappa shape index (κ2) is 7.51. The number of nitrogens with zero attached hydrogens (tertiary/aromatic N) is 1. The Morgan fingerprint density at radius 3 is 2.47 bits per heavy atom. The lowest BCUT2D eigenvalue weighted by molar-refractivity contribution is -0.136. The number of carbonyl (C=O) groups excluding carboxylic acids is 2. The van der Waals surface area contributed by atoms with E-state index in [1.54, 1.807) is 12.1 Å². The minimum Gasteiger partial charge on any atom is -0.380 e. The number of aryl methyl sites for hydroxylation is 1. The number of benzene rings is 2. The van der Waals surface area contributed by atoms with E-state index in [1.165, 1.54) is 12.1 Å². The first-order chi connectivity index (χ1) is 14.6. The molecule has 0 radical (unpaired) electrons. The zero-order chi connectivity index (χ0) is 20.7. The van der Waals surface area contributed by atoms with Crippen LogP contribution in [0.4, 0.5) is 15.8 Å². The highest BCUT2D eigenvalue weighted by molar-refractivity contribution is 6.00. The highest BCUT2D eigenvalue weighted by Crippen LogP contribution is 2.46. The van der Waals surface area contributed by atoms with Crippen LogP contribution < -0.4 is 10.2 Å². The van der Waals surface area contributed by atoms with Crippen LogP contribution in [-0.4, -0.2) is 31.6 Å². The number of carbonyl (C=O) groups is 2. The van der Waals surface area contributed by atoms with Crippen LogP contribution in [0.1, 0.15) is 36.8 Å². The van der Waals surface area contributed by atoms with Crippen LogP contribution in [0, 0.1) is 11.7 Å². The molecule has 2 fully saturated rings. The average Bonchev–Trinajstić information content (AvgIpc) is 2.67. The van der Waals surface area contributed by atoms with Gasteiger partial charge in [-0.2, -0.15) is 0 Å². The topological polar surface area (TPSA) is 58.6 Å². The van der Waals surface area contributed by atoms with Crippen LogP contribution >= 0.6 is 0 Å². The molecule has 0 unspecified atom stereocenters. The molecule has 0 atom stereocenters. The van der Waals surface area contributed by atoms with Gasteiger partial charge in [0.1, 0.15) is 5.82 Å². The van der Waals surface area contributed by atoms with Crippen LogP contribution in [0.5, 0.6) is 0 Å². The van der Waals surface area contributed by atoms with Crippen molar-refractivity contribution in [3.8, 4) is 0 Å². The van der Waals surface area contributed by atoms with Crippen molar-refractivity contribution < 1.29 is 18.7 Å². The van der Waals surface area contributed by atoms with E-state index in [1.807, 2.05) is 17.0 Å². The number of ether oxygens (including phenoxy) is 1. The summed E-state index contributed by atoms with van der Waals surface area (Å²) in [6, 6.07) is 12.0. The van der Waals surface area contributed by atoms with E-state index in [0.29, 0.717) is 18.9 Å². The van der Waals surface area contributed by atoms with E-state index < -0.39 is 5.41 Å². The van der Waals surface area contributed by atoms with Gasteiger partial charge in [-0.05, 0) is 67.1 Å². The van der Waals surface area contributed by atoms with E-state index in [9.17, 15) is 14.0 Å². The summed E-state index contributed by atoms with van der Waals surface area (Å²) in [5, 5.41) is 2.96. The van der Waals surface area contributed by atoms with E-state index in [-0.39, 0.29) is 23.5 Å². The summed E-state index contributed by atoms with van der Waals surface area (Å²) < 4.78 is 18.4. The third-order valence-corrected chi connectivity index (χ3v) is 6.75. The van der Waals surface area contributed by atoms with Crippen LogP contribution in [0.3, 0.4) is 0 Å². The zero-order valence-electron chi connectivity index (χ0n) is 16.8. The molecular weight excluding hydrogens is 383 g/mol. The molecule has 2 aliphatic heterocycles. The van der Waals surface area contributed by atoms with Crippen LogP contribution in [0.15, 0.2) is 42.5 Å². The quantitative estimate of drug-likeness (QED) is 0.837. The molecule has 2 aromatic carbocycles. The van der Waals surface area contributed by atoms with Crippen molar-refractivity contribution in [2.75, 3.05) is 30.0 Å². The maximum absolute atomic E-state index is 13.2. The first kappa shape index (κ1) is 19.2. The van der Waals surface area contributed by atoms with Crippen molar-refractivity contribution in [2.24, 2.45) is 5.92 Å². The molecule has 0 spiro atoms. The molecule has 2 amide bonds. The van der Waals surface area contributed by atoms with Crippen molar-refractivity contribution >= 4 is 23.2 Å². The molecule has 1 saturated carbocycles. The van der Waals surface area contributed by atoms with Gasteiger partial charge >= 0.3 is 0 Å². The Kier molecular flexibility index (Phi) is 4.82. The van der Waals surface area contributed by atoms with Gasteiger partial charge in [-0.25, -0.2) is 4.39 Å². The molecule has 156 valence electrons. The van der Waals surface area contributed by atoms with Crippen molar-refractivity contribution in [3.05, 3.63) is 59.4 Å². The second-order valence-electron chi connectivity index (χ2n) is 8.57. The van der Waals surface area contributed by atoms with Crippen LogP contribution in [0.25, 0.3) is 0 Å². The fraction of sp³-hybridized carbons (Fsp3) is 0.417. The molecule has 5 rings (SSSR count). The van der Waals surface area contributed by atoms with E-state index in [2.05, 4.69) is 11.4 Å². The minimum atomic E-state index is -0.558. The Morgan fingerprint density at radius 1 is 1.07 bits per heavy atom. The standard InChI is InChI=1S/C24H25FN2O3/c25-19-5-7-20(8-6-19)26-23(29)24(10-2-11-24)18-4-9-21-16(13-18)3-1-12-27(21)22(28)17-14-30-15-17/h4-9,13,17H,1-3,10-12,14-15H2,(H,26,29). The first-order valence-corrected chi connectivity index (χ1v) is 10.7. The van der Waals surface area contributed by atoms with Gasteiger partial charge in [0.15, 0.2) is 0 Å². The lowest BCUT2D eigenvalue weighted by Crippen LogP contribution is -2.47. The number of halogens is 1. The van der Waals surface area contributed by atoms with E-state index in [4.69, 9.17) is 4.74 Å². The Morgan fingerprint density at radius 2 is 1.83 bits per heavy atom. The van der Waals surface area contributed by atoms with Crippen molar-refractivity contribution in [1.29, 1.82) is 0 Å². The SMILES string of the molecule is O=C(C1COC1)N1CCCc2cc(C3(C(=O)Nc4ccc(F)cc4)CCC3)ccc21. The number of amides is 2. The number of rotatable bonds is 4. The third kappa shape index (κ3) is 3.19. The molecule has 1 N–H and O–H groups in total. The molecule has 30 heavy (non-hydrogen) atoms. The summed E-state index contributed by atoms with van der Waals surface area (Å²) in [5.74, 6) is -0.262. The lowest BCUT2D eigenvalue weighted by Gasteiger charge is -2.42. The number of anilines is 2. The summed E-state index contributed by atoms with van der Waals surface area (Å²) in [7, 11) is 0. The molecule has 1 saturated heterocycles. The fourth-order valence-corrected chi connectivity index (χ4v) is 4.68. The summed E-state index contributed by atoms with van der Waals surface area (Å²) in [5.41, 5.74) is 3.15. The summed E-state index contributed by atoms with van der Waals surface area (Å²) in [6.07, 6.45) is 4.41. The fourth-order valence-electron chi connectivity index (χ4n) is 4.68. The second-order valence-corrected chi connectivity index (χ2v) is 8.57. The van der Waals surface area contributed by atoms with Crippen LogP contribution in [-0.2, 0) is 26.2 Å². The van der Waals surface area contributed by atoms with Gasteiger partial charge in [0.05, 0.1) is 24.5 Å². The van der Waals surface area contributed by atoms with Gasteiger partial charge in [0, 0.05) is 17.9 Å². The Balaban J connectivity index is 1.41. The monoisotopic (exact) mass is 408 g/mol. The maximum atomic E-state index is 13.2. The minimum absolute atomic E-state index is 0.0323. The van der Waals surface area contributed by atoms with E-state index >= 15 is 0 Å². The summed E-state index contributed by atoms with van der Waals surface area (Å²) >= 11 is 0. The number of hydrogen-bond acceptors (Lipinski definition) is 3. The number of hydrogen-bond donors (Lipinski definition) is 1. The molecular formula is C24H25FN2O3. The summed E-state index contributed by atoms with van der Waals surface area (Å²) in [4.78, 5) is 27.9. The Bertz CT molecular complexity index is 980. The molecule has 5 nitrogen and oxygen atoms in total. The Hall–Kier alpha value is -2.73. The highest BCUT2D eigenvalue weighted by Gasteiger charge is 2.46. The first-order valence-electron chi connectivity index (χ1n) is 10.7. The normalized spacial score (nSPS) is 20.0. The van der Waals surface area contributed by atoms with Gasteiger partial charge in [-0.15, -0.1) is 0 Å². The lowest BCUT2D eigenvalue weighted by atomic mass is 9.63. The van der Waals surface area contributed by atoms with Crippen molar-refractivity contribution in [1.82, 2.24) is 0 Å². The molecule has 3 aliphatic rings. The number of nitrogens with one attached hydrogen (secondary N) is 1. The average molecular weight is 408 g/mol. The van der Waals surface area contributed by atoms with Gasteiger partial charge in [0.25, 0.3) is 0 Å². The molecule has 0 bridgehead atoms. The molecule has 0 aromatic heterocycles. The van der Waals surface area contributed by atoms with Gasteiger partial charge in [-0.3, -0.25) is 9.59 Å². The van der Waals surface area contributed by atoms with Crippen LogP contribution in [0.2, 0.25) is 0 Å². The van der Waals surface area contributed by atoms with E-state index in [0.717, 1.165) is 55.5 Å². The van der Waals surface area contributed by atoms with Crippen molar-refractivity contribution in [3.63, 3.8) is 0 Å². The number of fused-ring (bicyclic) bond motifs is 1. The maximum Gasteiger partial charge on any atom is 0.235 e. The summed E-state index contributed by atoms with van der Waals surface area (Å²) in [6.45, 7) is 1.75. The highest BCUT2D eigenvalue weighted by atomic mass is 19.1. The van der Waals surface area contributed by atoms with Gasteiger partial charge in [-0.1, -0.05) is 18.6 Å². The zero-order valence-corrected chi connectivity index (χ0v) is 16.8. The molecule has 6 heteroatoms. The largest absolute Gasteiger partial charge is 0.380 e. The molecule has 2 heterocycles. The smallest absolute Gasteiger partial charge is 0.235 e. The predicted octanol–water partition coefficient (Wildman–Crippen LogP) is 3.81. The molecule has 1 aliphatic carbocycles. The molecule has 2 aromatic rings.